The van der Waals surface area contributed by atoms with Crippen LogP contribution in [0.15, 0.2) is 59.4 Å². The molecule has 2 aromatic carbocycles. The Morgan fingerprint density at radius 2 is 1.83 bits per heavy atom. The van der Waals surface area contributed by atoms with Gasteiger partial charge >= 0.3 is 0 Å². The Morgan fingerprint density at radius 3 is 2.54 bits per heavy atom. The van der Waals surface area contributed by atoms with E-state index in [0.29, 0.717) is 16.9 Å². The molecule has 4 heteroatoms. The minimum atomic E-state index is -0.216. The van der Waals surface area contributed by atoms with E-state index in [1.54, 1.807) is 43.5 Å². The fourth-order valence-corrected chi connectivity index (χ4v) is 2.47. The van der Waals surface area contributed by atoms with Gasteiger partial charge in [-0.1, -0.05) is 12.1 Å². The van der Waals surface area contributed by atoms with Crippen molar-refractivity contribution in [2.45, 2.75) is 6.92 Å². The first kappa shape index (κ1) is 15.7. The van der Waals surface area contributed by atoms with Crippen molar-refractivity contribution in [1.82, 2.24) is 4.98 Å². The molecule has 0 amide bonds. The molecule has 0 atom stereocenters. The summed E-state index contributed by atoms with van der Waals surface area (Å²) >= 11 is 0. The number of rotatable bonds is 4. The van der Waals surface area contributed by atoms with E-state index in [1.807, 2.05) is 25.1 Å². The zero-order valence-electron chi connectivity index (χ0n) is 13.5. The number of fused-ring (bicyclic) bond motifs is 1. The highest BCUT2D eigenvalue weighted by Crippen LogP contribution is 2.15. The molecule has 0 aliphatic heterocycles. The van der Waals surface area contributed by atoms with Crippen molar-refractivity contribution < 1.29 is 9.53 Å². The van der Waals surface area contributed by atoms with Crippen LogP contribution in [0, 0.1) is 6.92 Å². The Morgan fingerprint density at radius 1 is 1.08 bits per heavy atom. The van der Waals surface area contributed by atoms with Crippen molar-refractivity contribution in [2.75, 3.05) is 7.11 Å². The van der Waals surface area contributed by atoms with E-state index < -0.39 is 0 Å². The monoisotopic (exact) mass is 319 g/mol. The number of ketones is 1. The van der Waals surface area contributed by atoms with Crippen LogP contribution in [0.2, 0.25) is 0 Å². The molecule has 0 radical (unpaired) electrons. The van der Waals surface area contributed by atoms with Crippen molar-refractivity contribution in [3.05, 3.63) is 81.7 Å². The number of hydrogen-bond acceptors (Lipinski definition) is 3. The normalized spacial score (nSPS) is 11.1. The molecule has 0 unspecified atom stereocenters. The molecular weight excluding hydrogens is 302 g/mol. The minimum Gasteiger partial charge on any atom is -0.497 e. The van der Waals surface area contributed by atoms with Gasteiger partial charge in [0, 0.05) is 16.6 Å². The van der Waals surface area contributed by atoms with E-state index in [2.05, 4.69) is 4.98 Å². The number of aromatic nitrogens is 1. The number of benzene rings is 2. The lowest BCUT2D eigenvalue weighted by Crippen LogP contribution is -2.09. The molecule has 3 aromatic rings. The summed E-state index contributed by atoms with van der Waals surface area (Å²) in [6, 6.07) is 14.5. The molecular formula is C20H17NO3. The van der Waals surface area contributed by atoms with Gasteiger partial charge < -0.3 is 9.72 Å². The maximum Gasteiger partial charge on any atom is 0.255 e. The lowest BCUT2D eigenvalue weighted by Gasteiger charge is -2.02. The average Bonchev–Trinajstić information content (AvgIpc) is 2.59. The van der Waals surface area contributed by atoms with Crippen LogP contribution in [0.25, 0.3) is 17.0 Å². The van der Waals surface area contributed by atoms with Gasteiger partial charge in [0.25, 0.3) is 5.56 Å². The van der Waals surface area contributed by atoms with Crippen LogP contribution in [0.5, 0.6) is 5.75 Å². The molecule has 120 valence electrons. The number of H-pyrrole nitrogens is 1. The first-order chi connectivity index (χ1) is 11.6. The van der Waals surface area contributed by atoms with Gasteiger partial charge in [-0.2, -0.15) is 0 Å². The van der Waals surface area contributed by atoms with Crippen molar-refractivity contribution in [3.8, 4) is 5.75 Å². The second-order valence-corrected chi connectivity index (χ2v) is 5.57. The summed E-state index contributed by atoms with van der Waals surface area (Å²) < 4.78 is 5.07. The second-order valence-electron chi connectivity index (χ2n) is 5.57. The minimum absolute atomic E-state index is 0.166. The van der Waals surface area contributed by atoms with E-state index >= 15 is 0 Å². The first-order valence-electron chi connectivity index (χ1n) is 7.57. The van der Waals surface area contributed by atoms with Gasteiger partial charge in [0.05, 0.1) is 7.11 Å². The molecule has 0 aliphatic carbocycles. The zero-order chi connectivity index (χ0) is 17.1. The molecule has 0 fully saturated rings. The molecule has 0 aliphatic rings. The molecule has 1 heterocycles. The molecule has 1 N–H and O–H groups in total. The molecule has 4 nitrogen and oxygen atoms in total. The lowest BCUT2D eigenvalue weighted by atomic mass is 10.1. The Kier molecular flexibility index (Phi) is 4.29. The number of nitrogens with one attached hydrogen (secondary N) is 1. The lowest BCUT2D eigenvalue weighted by molar-refractivity contribution is 0.104. The summed E-state index contributed by atoms with van der Waals surface area (Å²) in [6.07, 6.45) is 2.96. The van der Waals surface area contributed by atoms with Crippen molar-refractivity contribution in [1.29, 1.82) is 0 Å². The fourth-order valence-electron chi connectivity index (χ4n) is 2.47. The number of methoxy groups -OCH3 is 1. The smallest absolute Gasteiger partial charge is 0.255 e. The van der Waals surface area contributed by atoms with Crippen LogP contribution in [-0.2, 0) is 0 Å². The Balaban J connectivity index is 1.89. The largest absolute Gasteiger partial charge is 0.497 e. The molecule has 24 heavy (non-hydrogen) atoms. The van der Waals surface area contributed by atoms with Crippen molar-refractivity contribution >= 4 is 22.8 Å². The number of aryl methyl sites for hydroxylation is 1. The third-order valence-electron chi connectivity index (χ3n) is 3.82. The SMILES string of the molecule is COc1ccc(C(=O)/C=C/c2cc3ccc(C)cc3[nH]c2=O)cc1. The Hall–Kier alpha value is -3.14. The van der Waals surface area contributed by atoms with E-state index in [1.165, 1.54) is 6.08 Å². The average molecular weight is 319 g/mol. The van der Waals surface area contributed by atoms with Crippen LogP contribution in [0.3, 0.4) is 0 Å². The number of hydrogen-bond donors (Lipinski definition) is 1. The summed E-state index contributed by atoms with van der Waals surface area (Å²) in [7, 11) is 1.57. The van der Waals surface area contributed by atoms with Crippen molar-refractivity contribution in [2.24, 2.45) is 0 Å². The molecule has 0 saturated heterocycles. The number of carbonyl (C=O) groups excluding carboxylic acids is 1. The standard InChI is InChI=1S/C20H17NO3/c1-13-3-4-15-12-16(20(23)21-18(15)11-13)7-10-19(22)14-5-8-17(24-2)9-6-14/h3-12H,1-2H3,(H,21,23)/b10-7+. The van der Waals surface area contributed by atoms with Gasteiger partial charge in [-0.05, 0) is 66.4 Å². The summed E-state index contributed by atoms with van der Waals surface area (Å²) in [5.74, 6) is 0.526. The predicted octanol–water partition coefficient (Wildman–Crippen LogP) is 3.74. The molecule has 0 spiro atoms. The fraction of sp³-hybridized carbons (Fsp3) is 0.100. The van der Waals surface area contributed by atoms with Gasteiger partial charge in [-0.3, -0.25) is 9.59 Å². The molecule has 1 aromatic heterocycles. The molecule has 0 bridgehead atoms. The van der Waals surface area contributed by atoms with Gasteiger partial charge in [0.15, 0.2) is 5.78 Å². The van der Waals surface area contributed by atoms with Gasteiger partial charge in [-0.15, -0.1) is 0 Å². The zero-order valence-corrected chi connectivity index (χ0v) is 13.5. The number of allylic oxidation sites excluding steroid dienone is 1. The summed E-state index contributed by atoms with van der Waals surface area (Å²) in [5.41, 5.74) is 2.65. The van der Waals surface area contributed by atoms with Gasteiger partial charge in [0.2, 0.25) is 0 Å². The third kappa shape index (κ3) is 3.27. The maximum absolute atomic E-state index is 12.2. The van der Waals surface area contributed by atoms with Gasteiger partial charge in [-0.25, -0.2) is 0 Å². The van der Waals surface area contributed by atoms with Crippen LogP contribution in [0.4, 0.5) is 0 Å². The second kappa shape index (κ2) is 6.54. The summed E-state index contributed by atoms with van der Waals surface area (Å²) in [4.78, 5) is 27.2. The first-order valence-corrected chi connectivity index (χ1v) is 7.57. The van der Waals surface area contributed by atoms with Crippen molar-refractivity contribution in [3.63, 3.8) is 0 Å². The summed E-state index contributed by atoms with van der Waals surface area (Å²) in [6.45, 7) is 1.97. The molecule has 3 rings (SSSR count). The Labute approximate surface area is 139 Å². The van der Waals surface area contributed by atoms with Gasteiger partial charge in [0.1, 0.15) is 5.75 Å². The Bertz CT molecular complexity index is 982. The highest BCUT2D eigenvalue weighted by atomic mass is 16.5. The van der Waals surface area contributed by atoms with E-state index in [9.17, 15) is 9.59 Å². The van der Waals surface area contributed by atoms with E-state index in [-0.39, 0.29) is 11.3 Å². The third-order valence-corrected chi connectivity index (χ3v) is 3.82. The highest BCUT2D eigenvalue weighted by molar-refractivity contribution is 6.07. The summed E-state index contributed by atoms with van der Waals surface area (Å²) in [5, 5.41) is 0.928. The number of aromatic amines is 1. The quantitative estimate of drug-likeness (QED) is 0.588. The topological polar surface area (TPSA) is 59.2 Å². The predicted molar refractivity (Wildman–Crippen MR) is 95.7 cm³/mol. The number of ether oxygens (including phenoxy) is 1. The highest BCUT2D eigenvalue weighted by Gasteiger charge is 2.04. The maximum atomic E-state index is 12.2. The van der Waals surface area contributed by atoms with E-state index in [4.69, 9.17) is 4.74 Å². The van der Waals surface area contributed by atoms with Crippen LogP contribution < -0.4 is 10.3 Å². The number of pyridine rings is 1. The molecule has 0 saturated carbocycles. The van der Waals surface area contributed by atoms with Crippen LogP contribution >= 0.6 is 0 Å². The number of carbonyl (C=O) groups is 1. The van der Waals surface area contributed by atoms with Crippen LogP contribution in [0.1, 0.15) is 21.5 Å². The van der Waals surface area contributed by atoms with E-state index in [0.717, 1.165) is 16.5 Å². The van der Waals surface area contributed by atoms with Crippen LogP contribution in [-0.4, -0.2) is 17.9 Å².